The Morgan fingerprint density at radius 3 is 2.55 bits per heavy atom. The number of amides is 1. The molecule has 0 radical (unpaired) electrons. The SMILES string of the molecule is O=C(NCCOc1ccccc1)C1CCN(c2ccc3nnc(C(F)(F)F)n3n2)CC1. The Kier molecular flexibility index (Phi) is 5.92. The predicted molar refractivity (Wildman–Crippen MR) is 106 cm³/mol. The molecule has 3 aromatic rings. The Morgan fingerprint density at radius 2 is 1.84 bits per heavy atom. The number of para-hydroxylation sites is 1. The highest BCUT2D eigenvalue weighted by molar-refractivity contribution is 5.79. The van der Waals surface area contributed by atoms with Crippen LogP contribution in [-0.2, 0) is 11.0 Å². The first-order valence-electron chi connectivity index (χ1n) is 9.92. The van der Waals surface area contributed by atoms with Crippen molar-refractivity contribution in [2.75, 3.05) is 31.1 Å². The van der Waals surface area contributed by atoms with E-state index in [0.717, 1.165) is 5.75 Å². The highest BCUT2D eigenvalue weighted by atomic mass is 19.4. The molecule has 1 N–H and O–H groups in total. The first-order chi connectivity index (χ1) is 14.9. The zero-order valence-corrected chi connectivity index (χ0v) is 16.5. The first-order valence-corrected chi connectivity index (χ1v) is 9.92. The van der Waals surface area contributed by atoms with Crippen molar-refractivity contribution >= 4 is 17.4 Å². The van der Waals surface area contributed by atoms with Crippen LogP contribution in [-0.4, -0.2) is 52.0 Å². The second-order valence-corrected chi connectivity index (χ2v) is 7.20. The quantitative estimate of drug-likeness (QED) is 0.601. The number of benzene rings is 1. The third-order valence-corrected chi connectivity index (χ3v) is 5.11. The molecule has 0 aliphatic carbocycles. The Balaban J connectivity index is 1.28. The van der Waals surface area contributed by atoms with Gasteiger partial charge in [-0.05, 0) is 37.1 Å². The Hall–Kier alpha value is -3.37. The summed E-state index contributed by atoms with van der Waals surface area (Å²) in [6.45, 7) is 1.81. The van der Waals surface area contributed by atoms with Gasteiger partial charge in [-0.1, -0.05) is 18.2 Å². The van der Waals surface area contributed by atoms with Gasteiger partial charge in [0.1, 0.15) is 18.2 Å². The summed E-state index contributed by atoms with van der Waals surface area (Å²) in [7, 11) is 0. The molecule has 0 spiro atoms. The van der Waals surface area contributed by atoms with E-state index in [9.17, 15) is 18.0 Å². The van der Waals surface area contributed by atoms with Crippen molar-refractivity contribution in [2.45, 2.75) is 19.0 Å². The summed E-state index contributed by atoms with van der Waals surface area (Å²) < 4.78 is 45.4. The number of nitrogens with one attached hydrogen (secondary N) is 1. The van der Waals surface area contributed by atoms with Gasteiger partial charge in [-0.25, -0.2) is 0 Å². The number of fused-ring (bicyclic) bond motifs is 1. The van der Waals surface area contributed by atoms with E-state index < -0.39 is 12.0 Å². The molecule has 0 bridgehead atoms. The van der Waals surface area contributed by atoms with Crippen LogP contribution in [0.15, 0.2) is 42.5 Å². The number of anilines is 1. The van der Waals surface area contributed by atoms with Crippen molar-refractivity contribution in [1.82, 2.24) is 25.1 Å². The van der Waals surface area contributed by atoms with Crippen LogP contribution in [0.25, 0.3) is 5.65 Å². The van der Waals surface area contributed by atoms with E-state index >= 15 is 0 Å². The van der Waals surface area contributed by atoms with Crippen molar-refractivity contribution in [1.29, 1.82) is 0 Å². The van der Waals surface area contributed by atoms with Gasteiger partial charge in [0.2, 0.25) is 5.91 Å². The van der Waals surface area contributed by atoms with Gasteiger partial charge in [-0.2, -0.15) is 17.7 Å². The van der Waals surface area contributed by atoms with E-state index in [-0.39, 0.29) is 17.5 Å². The maximum atomic E-state index is 13.1. The average molecular weight is 434 g/mol. The van der Waals surface area contributed by atoms with Gasteiger partial charge in [0.15, 0.2) is 5.65 Å². The lowest BCUT2D eigenvalue weighted by molar-refractivity contribution is -0.146. The van der Waals surface area contributed by atoms with E-state index in [1.807, 2.05) is 35.2 Å². The standard InChI is InChI=1S/C20H21F3N6O2/c21-20(22,23)19-26-25-16-6-7-17(27-29(16)19)28-11-8-14(9-12-28)18(30)24-10-13-31-15-4-2-1-3-5-15/h1-7,14H,8-13H2,(H,24,30). The van der Waals surface area contributed by atoms with Crippen LogP contribution in [0.4, 0.5) is 19.0 Å². The van der Waals surface area contributed by atoms with Crippen molar-refractivity contribution in [3.8, 4) is 5.75 Å². The van der Waals surface area contributed by atoms with Crippen LogP contribution in [0.1, 0.15) is 18.7 Å². The number of halogens is 3. The number of aromatic nitrogens is 4. The van der Waals surface area contributed by atoms with Gasteiger partial charge in [0.05, 0.1) is 6.54 Å². The minimum Gasteiger partial charge on any atom is -0.492 e. The number of hydrogen-bond acceptors (Lipinski definition) is 6. The minimum absolute atomic E-state index is 0.0306. The van der Waals surface area contributed by atoms with Gasteiger partial charge in [-0.3, -0.25) is 4.79 Å². The second-order valence-electron chi connectivity index (χ2n) is 7.20. The summed E-state index contributed by atoms with van der Waals surface area (Å²) in [5, 5.41) is 13.6. The van der Waals surface area contributed by atoms with Crippen molar-refractivity contribution < 1.29 is 22.7 Å². The lowest BCUT2D eigenvalue weighted by Gasteiger charge is -2.32. The smallest absolute Gasteiger partial charge is 0.453 e. The maximum absolute atomic E-state index is 13.1. The molecular formula is C20H21F3N6O2. The van der Waals surface area contributed by atoms with Crippen LogP contribution in [0, 0.1) is 5.92 Å². The number of carbonyl (C=O) groups is 1. The topological polar surface area (TPSA) is 84.6 Å². The molecular weight excluding hydrogens is 413 g/mol. The fraction of sp³-hybridized carbons (Fsp3) is 0.400. The zero-order valence-electron chi connectivity index (χ0n) is 16.5. The predicted octanol–water partition coefficient (Wildman–Crippen LogP) is 2.55. The zero-order chi connectivity index (χ0) is 21.8. The van der Waals surface area contributed by atoms with Crippen LogP contribution >= 0.6 is 0 Å². The van der Waals surface area contributed by atoms with E-state index in [1.54, 1.807) is 6.07 Å². The van der Waals surface area contributed by atoms with Gasteiger partial charge in [0, 0.05) is 19.0 Å². The van der Waals surface area contributed by atoms with Gasteiger partial charge in [-0.15, -0.1) is 15.3 Å². The number of nitrogens with zero attached hydrogens (tertiary/aromatic N) is 5. The molecule has 1 aliphatic heterocycles. The van der Waals surface area contributed by atoms with Crippen LogP contribution in [0.2, 0.25) is 0 Å². The molecule has 3 heterocycles. The lowest BCUT2D eigenvalue weighted by atomic mass is 9.96. The third-order valence-electron chi connectivity index (χ3n) is 5.11. The lowest BCUT2D eigenvalue weighted by Crippen LogP contribution is -2.41. The van der Waals surface area contributed by atoms with E-state index in [4.69, 9.17) is 4.74 Å². The molecule has 4 rings (SSSR count). The van der Waals surface area contributed by atoms with E-state index in [0.29, 0.717) is 49.4 Å². The van der Waals surface area contributed by atoms with Gasteiger partial charge < -0.3 is 15.0 Å². The number of carbonyl (C=O) groups excluding carboxylic acids is 1. The molecule has 2 aromatic heterocycles. The summed E-state index contributed by atoms with van der Waals surface area (Å²) in [6, 6.07) is 12.4. The highest BCUT2D eigenvalue weighted by Crippen LogP contribution is 2.28. The monoisotopic (exact) mass is 434 g/mol. The molecule has 1 saturated heterocycles. The minimum atomic E-state index is -4.64. The molecule has 1 fully saturated rings. The number of rotatable bonds is 6. The normalized spacial score (nSPS) is 15.3. The van der Waals surface area contributed by atoms with Crippen LogP contribution < -0.4 is 15.0 Å². The molecule has 0 unspecified atom stereocenters. The van der Waals surface area contributed by atoms with Crippen molar-refractivity contribution in [3.05, 3.63) is 48.3 Å². The summed E-state index contributed by atoms with van der Waals surface area (Å²) in [4.78, 5) is 14.3. The van der Waals surface area contributed by atoms with E-state index in [2.05, 4.69) is 20.6 Å². The molecule has 164 valence electrons. The molecule has 8 nitrogen and oxygen atoms in total. The summed E-state index contributed by atoms with van der Waals surface area (Å²) in [6.07, 6.45) is -3.47. The summed E-state index contributed by atoms with van der Waals surface area (Å²) >= 11 is 0. The van der Waals surface area contributed by atoms with Crippen molar-refractivity contribution in [3.63, 3.8) is 0 Å². The second kappa shape index (κ2) is 8.78. The molecule has 31 heavy (non-hydrogen) atoms. The summed E-state index contributed by atoms with van der Waals surface area (Å²) in [5.41, 5.74) is 0.0306. The highest BCUT2D eigenvalue weighted by Gasteiger charge is 2.38. The largest absolute Gasteiger partial charge is 0.492 e. The fourth-order valence-electron chi connectivity index (χ4n) is 3.50. The number of piperidine rings is 1. The number of alkyl halides is 3. The average Bonchev–Trinajstić information content (AvgIpc) is 3.21. The van der Waals surface area contributed by atoms with Crippen molar-refractivity contribution in [2.24, 2.45) is 5.92 Å². The third kappa shape index (κ3) is 4.86. The molecule has 1 aromatic carbocycles. The molecule has 0 saturated carbocycles. The Labute approximate surface area is 176 Å². The molecule has 1 aliphatic rings. The van der Waals surface area contributed by atoms with Crippen LogP contribution in [0.3, 0.4) is 0 Å². The molecule has 0 atom stereocenters. The maximum Gasteiger partial charge on any atom is 0.453 e. The molecule has 11 heteroatoms. The van der Waals surface area contributed by atoms with E-state index in [1.165, 1.54) is 6.07 Å². The van der Waals surface area contributed by atoms with Gasteiger partial charge in [0.25, 0.3) is 5.82 Å². The Morgan fingerprint density at radius 1 is 1.10 bits per heavy atom. The molecule has 1 amide bonds. The number of ether oxygens (including phenoxy) is 1. The Bertz CT molecular complexity index is 1030. The summed E-state index contributed by atoms with van der Waals surface area (Å²) in [5.74, 6) is -0.212. The number of hydrogen-bond donors (Lipinski definition) is 1. The first kappa shape index (κ1) is 20.9. The van der Waals surface area contributed by atoms with Crippen LogP contribution in [0.5, 0.6) is 5.75 Å². The fourth-order valence-corrected chi connectivity index (χ4v) is 3.50. The van der Waals surface area contributed by atoms with Gasteiger partial charge >= 0.3 is 6.18 Å².